The van der Waals surface area contributed by atoms with Crippen molar-refractivity contribution >= 4 is 28.8 Å². The van der Waals surface area contributed by atoms with Gasteiger partial charge in [-0.15, -0.1) is 11.3 Å². The molecule has 0 unspecified atom stereocenters. The molecule has 2 aromatic rings. The molecule has 0 aliphatic rings. The highest BCUT2D eigenvalue weighted by Gasteiger charge is 2.20. The summed E-state index contributed by atoms with van der Waals surface area (Å²) in [7, 11) is 0. The van der Waals surface area contributed by atoms with Crippen LogP contribution in [0, 0.1) is 0 Å². The number of nitrogens with zero attached hydrogens (tertiary/aromatic N) is 2. The van der Waals surface area contributed by atoms with Gasteiger partial charge in [0.1, 0.15) is 4.88 Å². The SMILES string of the molecule is CCN(CC)C(=O)c1cccc(NC(=O)c2cnc(C(C)(C)C)s2)c1. The lowest BCUT2D eigenvalue weighted by Gasteiger charge is -2.19. The summed E-state index contributed by atoms with van der Waals surface area (Å²) in [5.41, 5.74) is 1.09. The molecule has 1 aromatic carbocycles. The third kappa shape index (κ3) is 4.66. The summed E-state index contributed by atoms with van der Waals surface area (Å²) in [6.45, 7) is 11.4. The van der Waals surface area contributed by atoms with Crippen LogP contribution in [0.5, 0.6) is 0 Å². The summed E-state index contributed by atoms with van der Waals surface area (Å²) in [6, 6.07) is 7.03. The molecular formula is C19H25N3O2S. The summed E-state index contributed by atoms with van der Waals surface area (Å²) in [5, 5.41) is 3.77. The summed E-state index contributed by atoms with van der Waals surface area (Å²) >= 11 is 1.39. The number of carbonyl (C=O) groups is 2. The van der Waals surface area contributed by atoms with Crippen LogP contribution in [-0.2, 0) is 5.41 Å². The second-order valence-corrected chi connectivity index (χ2v) is 7.82. The maximum absolute atomic E-state index is 12.4. The van der Waals surface area contributed by atoms with Crippen LogP contribution in [0.1, 0.15) is 59.7 Å². The minimum Gasteiger partial charge on any atom is -0.339 e. The normalized spacial score (nSPS) is 11.2. The average Bonchev–Trinajstić information content (AvgIpc) is 3.06. The number of thiazole rings is 1. The largest absolute Gasteiger partial charge is 0.339 e. The fourth-order valence-corrected chi connectivity index (χ4v) is 3.21. The lowest BCUT2D eigenvalue weighted by atomic mass is 9.98. The van der Waals surface area contributed by atoms with E-state index in [4.69, 9.17) is 0 Å². The van der Waals surface area contributed by atoms with E-state index in [-0.39, 0.29) is 17.2 Å². The molecular weight excluding hydrogens is 334 g/mol. The fourth-order valence-electron chi connectivity index (χ4n) is 2.34. The highest BCUT2D eigenvalue weighted by atomic mass is 32.1. The van der Waals surface area contributed by atoms with Crippen molar-refractivity contribution in [2.75, 3.05) is 18.4 Å². The van der Waals surface area contributed by atoms with Gasteiger partial charge in [-0.2, -0.15) is 0 Å². The molecule has 0 aliphatic heterocycles. The first-order valence-corrected chi connectivity index (χ1v) is 9.25. The van der Waals surface area contributed by atoms with Crippen LogP contribution in [0.2, 0.25) is 0 Å². The average molecular weight is 359 g/mol. The molecule has 1 aromatic heterocycles. The Hall–Kier alpha value is -2.21. The van der Waals surface area contributed by atoms with Crippen molar-refractivity contribution in [2.45, 2.75) is 40.0 Å². The second kappa shape index (κ2) is 7.78. The van der Waals surface area contributed by atoms with E-state index in [9.17, 15) is 9.59 Å². The molecule has 25 heavy (non-hydrogen) atoms. The number of hydrogen-bond donors (Lipinski definition) is 1. The van der Waals surface area contributed by atoms with Crippen LogP contribution < -0.4 is 5.32 Å². The molecule has 0 saturated heterocycles. The van der Waals surface area contributed by atoms with Crippen molar-refractivity contribution in [3.8, 4) is 0 Å². The van der Waals surface area contributed by atoms with Crippen molar-refractivity contribution in [1.82, 2.24) is 9.88 Å². The van der Waals surface area contributed by atoms with Gasteiger partial charge in [-0.25, -0.2) is 4.98 Å². The van der Waals surface area contributed by atoms with Gasteiger partial charge in [-0.3, -0.25) is 9.59 Å². The molecule has 1 N–H and O–H groups in total. The van der Waals surface area contributed by atoms with E-state index in [1.165, 1.54) is 11.3 Å². The maximum Gasteiger partial charge on any atom is 0.267 e. The van der Waals surface area contributed by atoms with Crippen LogP contribution in [0.15, 0.2) is 30.5 Å². The molecule has 0 aliphatic carbocycles. The van der Waals surface area contributed by atoms with E-state index in [2.05, 4.69) is 31.1 Å². The predicted octanol–water partition coefficient (Wildman–Crippen LogP) is 4.17. The Labute approximate surface area is 153 Å². The first-order valence-electron chi connectivity index (χ1n) is 8.43. The molecule has 1 heterocycles. The van der Waals surface area contributed by atoms with E-state index >= 15 is 0 Å². The van der Waals surface area contributed by atoms with Crippen LogP contribution in [-0.4, -0.2) is 34.8 Å². The van der Waals surface area contributed by atoms with Crippen LogP contribution in [0.25, 0.3) is 0 Å². The van der Waals surface area contributed by atoms with Crippen molar-refractivity contribution in [1.29, 1.82) is 0 Å². The number of amides is 2. The lowest BCUT2D eigenvalue weighted by Crippen LogP contribution is -2.30. The van der Waals surface area contributed by atoms with Gasteiger partial charge in [-0.05, 0) is 32.0 Å². The predicted molar refractivity (Wildman–Crippen MR) is 102 cm³/mol. The van der Waals surface area contributed by atoms with Gasteiger partial charge in [-0.1, -0.05) is 26.8 Å². The number of nitrogens with one attached hydrogen (secondary N) is 1. The number of benzene rings is 1. The van der Waals surface area contributed by atoms with E-state index in [0.717, 1.165) is 5.01 Å². The summed E-state index contributed by atoms with van der Waals surface area (Å²) in [6.07, 6.45) is 1.60. The smallest absolute Gasteiger partial charge is 0.267 e. The number of aromatic nitrogens is 1. The number of carbonyl (C=O) groups excluding carboxylic acids is 2. The molecule has 0 fully saturated rings. The highest BCUT2D eigenvalue weighted by molar-refractivity contribution is 7.13. The third-order valence-corrected chi connectivity index (χ3v) is 5.21. The molecule has 0 atom stereocenters. The Balaban J connectivity index is 2.15. The Morgan fingerprint density at radius 3 is 2.44 bits per heavy atom. The second-order valence-electron chi connectivity index (χ2n) is 6.79. The van der Waals surface area contributed by atoms with Gasteiger partial charge in [0.05, 0.1) is 11.2 Å². The fraction of sp³-hybridized carbons (Fsp3) is 0.421. The van der Waals surface area contributed by atoms with Crippen molar-refractivity contribution in [2.24, 2.45) is 0 Å². The lowest BCUT2D eigenvalue weighted by molar-refractivity contribution is 0.0772. The van der Waals surface area contributed by atoms with E-state index < -0.39 is 0 Å². The van der Waals surface area contributed by atoms with Crippen molar-refractivity contribution < 1.29 is 9.59 Å². The first-order chi connectivity index (χ1) is 11.8. The Kier molecular flexibility index (Phi) is 5.95. The van der Waals surface area contributed by atoms with Gasteiger partial charge in [0.2, 0.25) is 0 Å². The van der Waals surface area contributed by atoms with Crippen molar-refractivity contribution in [3.63, 3.8) is 0 Å². The number of rotatable bonds is 5. The molecule has 2 rings (SSSR count). The molecule has 5 nitrogen and oxygen atoms in total. The van der Waals surface area contributed by atoms with Gasteiger partial charge in [0.15, 0.2) is 0 Å². The monoisotopic (exact) mass is 359 g/mol. The summed E-state index contributed by atoms with van der Waals surface area (Å²) in [5.74, 6) is -0.241. The van der Waals surface area contributed by atoms with Crippen LogP contribution in [0.4, 0.5) is 5.69 Å². The molecule has 0 spiro atoms. The zero-order chi connectivity index (χ0) is 18.6. The number of anilines is 1. The van der Waals surface area contributed by atoms with E-state index in [1.54, 1.807) is 35.4 Å². The molecule has 0 bridgehead atoms. The Morgan fingerprint density at radius 2 is 1.88 bits per heavy atom. The van der Waals surface area contributed by atoms with E-state index in [1.807, 2.05) is 13.8 Å². The van der Waals surface area contributed by atoms with Gasteiger partial charge >= 0.3 is 0 Å². The molecule has 134 valence electrons. The van der Waals surface area contributed by atoms with E-state index in [0.29, 0.717) is 29.2 Å². The molecule has 2 amide bonds. The zero-order valence-corrected chi connectivity index (χ0v) is 16.2. The van der Waals surface area contributed by atoms with Crippen molar-refractivity contribution in [3.05, 3.63) is 45.9 Å². The Morgan fingerprint density at radius 1 is 1.20 bits per heavy atom. The zero-order valence-electron chi connectivity index (χ0n) is 15.4. The molecule has 6 heteroatoms. The summed E-state index contributed by atoms with van der Waals surface area (Å²) < 4.78 is 0. The summed E-state index contributed by atoms with van der Waals surface area (Å²) in [4.78, 5) is 31.5. The van der Waals surface area contributed by atoms with Gasteiger partial charge < -0.3 is 10.2 Å². The minimum absolute atomic E-state index is 0.0334. The maximum atomic E-state index is 12.4. The van der Waals surface area contributed by atoms with Crippen LogP contribution in [0.3, 0.4) is 0 Å². The molecule has 0 saturated carbocycles. The number of hydrogen-bond acceptors (Lipinski definition) is 4. The highest BCUT2D eigenvalue weighted by Crippen LogP contribution is 2.27. The third-order valence-electron chi connectivity index (χ3n) is 3.79. The first kappa shape index (κ1) is 19.1. The minimum atomic E-state index is -0.208. The van der Waals surface area contributed by atoms with Gasteiger partial charge in [0.25, 0.3) is 11.8 Å². The topological polar surface area (TPSA) is 62.3 Å². The quantitative estimate of drug-likeness (QED) is 0.871. The van der Waals surface area contributed by atoms with Gasteiger partial charge in [0, 0.05) is 29.8 Å². The standard InChI is InChI=1S/C19H25N3O2S/c1-6-22(7-2)17(24)13-9-8-10-14(11-13)21-16(23)15-12-20-18(25-15)19(3,4)5/h8-12H,6-7H2,1-5H3,(H,21,23). The Bertz CT molecular complexity index is 758. The molecule has 0 radical (unpaired) electrons. The van der Waals surface area contributed by atoms with Crippen LogP contribution >= 0.6 is 11.3 Å².